The van der Waals surface area contributed by atoms with Gasteiger partial charge in [0.15, 0.2) is 0 Å². The lowest BCUT2D eigenvalue weighted by atomic mass is 9.81. The number of hydrogen-bond acceptors (Lipinski definition) is 5. The summed E-state index contributed by atoms with van der Waals surface area (Å²) in [5.74, 6) is -0.754. The second-order valence-electron chi connectivity index (χ2n) is 11.4. The van der Waals surface area contributed by atoms with Crippen molar-refractivity contribution in [2.75, 3.05) is 39.3 Å². The third-order valence-corrected chi connectivity index (χ3v) is 8.56. The van der Waals surface area contributed by atoms with Crippen molar-refractivity contribution in [2.24, 2.45) is 0 Å². The number of piperazine rings is 1. The molecule has 0 bridgehead atoms. The van der Waals surface area contributed by atoms with Crippen LogP contribution < -0.4 is 0 Å². The Balaban J connectivity index is 1.22. The molecule has 0 aromatic heterocycles. The van der Waals surface area contributed by atoms with Crippen LogP contribution in [0.5, 0.6) is 0 Å². The number of hydrogen-bond donors (Lipinski definition) is 0. The lowest BCUT2D eigenvalue weighted by molar-refractivity contribution is -0.140. The number of rotatable bonds is 9. The maximum absolute atomic E-state index is 13.4. The molecule has 2 aliphatic heterocycles. The summed E-state index contributed by atoms with van der Waals surface area (Å²) in [5.41, 5.74) is 5.86. The number of benzene rings is 3. The molecular formula is C37H41N3O4. The highest BCUT2D eigenvalue weighted by Crippen LogP contribution is 2.39. The van der Waals surface area contributed by atoms with Gasteiger partial charge in [-0.1, -0.05) is 78.9 Å². The zero-order chi connectivity index (χ0) is 31.1. The number of ether oxygens (including phenoxy) is 1. The number of allylic oxidation sites excluding steroid dienone is 1. The molecule has 1 saturated heterocycles. The second-order valence-corrected chi connectivity index (χ2v) is 11.4. The molecule has 2 heterocycles. The van der Waals surface area contributed by atoms with Crippen LogP contribution in [-0.4, -0.2) is 71.8 Å². The number of esters is 1. The predicted molar refractivity (Wildman–Crippen MR) is 173 cm³/mol. The second kappa shape index (κ2) is 14.3. The molecule has 1 atom stereocenters. The Morgan fingerprint density at radius 2 is 1.57 bits per heavy atom. The van der Waals surface area contributed by atoms with Crippen LogP contribution in [-0.2, 0) is 20.9 Å². The van der Waals surface area contributed by atoms with E-state index in [1.807, 2.05) is 85.5 Å². The number of amides is 2. The van der Waals surface area contributed by atoms with E-state index in [9.17, 15) is 14.4 Å². The van der Waals surface area contributed by atoms with Crippen LogP contribution in [0.4, 0.5) is 0 Å². The Hall–Kier alpha value is -4.49. The van der Waals surface area contributed by atoms with Gasteiger partial charge in [0.2, 0.25) is 5.91 Å². The van der Waals surface area contributed by atoms with Crippen molar-refractivity contribution < 1.29 is 19.1 Å². The van der Waals surface area contributed by atoms with Crippen LogP contribution in [0, 0.1) is 6.92 Å². The lowest BCUT2D eigenvalue weighted by Crippen LogP contribution is -2.48. The Morgan fingerprint density at radius 3 is 2.25 bits per heavy atom. The molecule has 7 heteroatoms. The molecule has 2 aliphatic rings. The van der Waals surface area contributed by atoms with Gasteiger partial charge in [-0.2, -0.15) is 0 Å². The molecule has 3 aromatic carbocycles. The van der Waals surface area contributed by atoms with Crippen LogP contribution in [0.1, 0.15) is 58.8 Å². The number of nitrogens with zero attached hydrogens (tertiary/aromatic N) is 3. The first-order valence-electron chi connectivity index (χ1n) is 15.4. The van der Waals surface area contributed by atoms with Crippen molar-refractivity contribution in [3.05, 3.63) is 124 Å². The third-order valence-electron chi connectivity index (χ3n) is 8.56. The molecule has 0 spiro atoms. The normalized spacial score (nSPS) is 17.8. The minimum absolute atomic E-state index is 0.0202. The van der Waals surface area contributed by atoms with E-state index < -0.39 is 0 Å². The zero-order valence-electron chi connectivity index (χ0n) is 25.9. The molecular weight excluding hydrogens is 550 g/mol. The molecule has 0 radical (unpaired) electrons. The molecule has 0 aliphatic carbocycles. The predicted octanol–water partition coefficient (Wildman–Crippen LogP) is 5.82. The highest BCUT2D eigenvalue weighted by atomic mass is 16.5. The Morgan fingerprint density at radius 1 is 0.886 bits per heavy atom. The van der Waals surface area contributed by atoms with Gasteiger partial charge in [0.1, 0.15) is 0 Å². The average Bonchev–Trinajstić information content (AvgIpc) is 3.04. The monoisotopic (exact) mass is 591 g/mol. The van der Waals surface area contributed by atoms with Gasteiger partial charge in [-0.15, -0.1) is 0 Å². The summed E-state index contributed by atoms with van der Waals surface area (Å²) in [7, 11) is 0. The molecule has 7 nitrogen and oxygen atoms in total. The minimum atomic E-state index is -0.385. The summed E-state index contributed by atoms with van der Waals surface area (Å²) >= 11 is 0. The third kappa shape index (κ3) is 7.17. The number of aryl methyl sites for hydroxylation is 1. The van der Waals surface area contributed by atoms with E-state index in [2.05, 4.69) is 29.2 Å². The minimum Gasteiger partial charge on any atom is -0.463 e. The quantitative estimate of drug-likeness (QED) is 0.294. The molecule has 1 unspecified atom stereocenters. The van der Waals surface area contributed by atoms with Crippen LogP contribution in [0.3, 0.4) is 0 Å². The molecule has 0 saturated carbocycles. The van der Waals surface area contributed by atoms with Crippen molar-refractivity contribution in [1.29, 1.82) is 0 Å². The van der Waals surface area contributed by atoms with Gasteiger partial charge < -0.3 is 14.5 Å². The zero-order valence-corrected chi connectivity index (χ0v) is 25.9. The highest BCUT2D eigenvalue weighted by molar-refractivity contribution is 5.96. The standard InChI is InChI=1S/C37H41N3O4/c1-4-44-37(43)35-28(3)40(34(41)25-33(35)32-15-9-8-11-27(32)2)26-30-16-18-31(19-17-30)36(42)39-23-21-38(22-24-39)20-10-14-29-12-6-5-7-13-29/h5-19,33H,4,20-26H2,1-3H3. The first kappa shape index (κ1) is 31.0. The first-order chi connectivity index (χ1) is 21.4. The van der Waals surface area contributed by atoms with Crippen molar-refractivity contribution in [3.63, 3.8) is 0 Å². The summed E-state index contributed by atoms with van der Waals surface area (Å²) in [6.45, 7) is 10.1. The van der Waals surface area contributed by atoms with E-state index in [4.69, 9.17) is 4.74 Å². The molecule has 5 rings (SSSR count). The summed E-state index contributed by atoms with van der Waals surface area (Å²) in [4.78, 5) is 45.8. The van der Waals surface area contributed by atoms with Gasteiger partial charge >= 0.3 is 5.97 Å². The Labute approximate surface area is 260 Å². The average molecular weight is 592 g/mol. The molecule has 1 fully saturated rings. The summed E-state index contributed by atoms with van der Waals surface area (Å²) < 4.78 is 5.44. The Kier molecular flexibility index (Phi) is 10.1. The maximum atomic E-state index is 13.4. The maximum Gasteiger partial charge on any atom is 0.336 e. The molecule has 2 amide bonds. The van der Waals surface area contributed by atoms with Gasteiger partial charge in [-0.3, -0.25) is 14.5 Å². The lowest BCUT2D eigenvalue weighted by Gasteiger charge is -2.35. The van der Waals surface area contributed by atoms with E-state index in [1.165, 1.54) is 5.56 Å². The van der Waals surface area contributed by atoms with E-state index in [0.29, 0.717) is 36.5 Å². The molecule has 228 valence electrons. The molecule has 3 aromatic rings. The van der Waals surface area contributed by atoms with Crippen molar-refractivity contribution in [2.45, 2.75) is 39.7 Å². The topological polar surface area (TPSA) is 70.2 Å². The number of carbonyl (C=O) groups excluding carboxylic acids is 3. The largest absolute Gasteiger partial charge is 0.463 e. The van der Waals surface area contributed by atoms with Crippen LogP contribution >= 0.6 is 0 Å². The highest BCUT2D eigenvalue weighted by Gasteiger charge is 2.37. The van der Waals surface area contributed by atoms with Gasteiger partial charge in [0, 0.05) is 56.3 Å². The molecule has 0 N–H and O–H groups in total. The van der Waals surface area contributed by atoms with Crippen LogP contribution in [0.2, 0.25) is 0 Å². The fourth-order valence-corrected chi connectivity index (χ4v) is 6.07. The Bertz CT molecular complexity index is 1540. The van der Waals surface area contributed by atoms with Crippen molar-refractivity contribution in [3.8, 4) is 0 Å². The summed E-state index contributed by atoms with van der Waals surface area (Å²) in [5, 5.41) is 0. The van der Waals surface area contributed by atoms with E-state index in [0.717, 1.165) is 36.3 Å². The van der Waals surface area contributed by atoms with Gasteiger partial charge in [0.25, 0.3) is 5.91 Å². The molecule has 44 heavy (non-hydrogen) atoms. The van der Waals surface area contributed by atoms with Crippen molar-refractivity contribution in [1.82, 2.24) is 14.7 Å². The summed E-state index contributed by atoms with van der Waals surface area (Å²) in [6, 6.07) is 25.6. The van der Waals surface area contributed by atoms with Crippen molar-refractivity contribution >= 4 is 23.9 Å². The fraction of sp³-hybridized carbons (Fsp3) is 0.324. The SMILES string of the molecule is CCOC(=O)C1=C(C)N(Cc2ccc(C(=O)N3CCN(CC=Cc4ccccc4)CC3)cc2)C(=O)CC1c1ccccc1C. The fourth-order valence-electron chi connectivity index (χ4n) is 6.07. The van der Waals surface area contributed by atoms with Crippen LogP contribution in [0.15, 0.2) is 96.2 Å². The van der Waals surface area contributed by atoms with E-state index in [1.54, 1.807) is 11.8 Å². The van der Waals surface area contributed by atoms with Gasteiger partial charge in [0.05, 0.1) is 18.7 Å². The van der Waals surface area contributed by atoms with E-state index >= 15 is 0 Å². The smallest absolute Gasteiger partial charge is 0.336 e. The van der Waals surface area contributed by atoms with E-state index in [-0.39, 0.29) is 36.7 Å². The van der Waals surface area contributed by atoms with Crippen LogP contribution in [0.25, 0.3) is 6.08 Å². The van der Waals surface area contributed by atoms with Gasteiger partial charge in [-0.05, 0) is 55.2 Å². The summed E-state index contributed by atoms with van der Waals surface area (Å²) in [6.07, 6.45) is 4.50. The van der Waals surface area contributed by atoms with Gasteiger partial charge in [-0.25, -0.2) is 4.79 Å². The first-order valence-corrected chi connectivity index (χ1v) is 15.4. The number of carbonyl (C=O) groups is 3.